The second-order valence-electron chi connectivity index (χ2n) is 6.14. The smallest absolute Gasteiger partial charge is 0.226 e. The summed E-state index contributed by atoms with van der Waals surface area (Å²) in [6, 6.07) is 6.61. The third-order valence-electron chi connectivity index (χ3n) is 4.36. The Labute approximate surface area is 148 Å². The van der Waals surface area contributed by atoms with Crippen molar-refractivity contribution in [1.29, 1.82) is 0 Å². The highest BCUT2D eigenvalue weighted by Gasteiger charge is 2.20. The van der Waals surface area contributed by atoms with Crippen molar-refractivity contribution >= 4 is 11.8 Å². The van der Waals surface area contributed by atoms with Crippen molar-refractivity contribution in [3.05, 3.63) is 42.0 Å². The fraction of sp³-hybridized carbons (Fsp3) is 0.412. The zero-order valence-corrected chi connectivity index (χ0v) is 14.5. The Morgan fingerprint density at radius 3 is 2.96 bits per heavy atom. The molecule has 0 spiro atoms. The molecule has 1 aromatic carbocycles. The zero-order valence-electron chi connectivity index (χ0n) is 13.6. The number of oxazole rings is 1. The van der Waals surface area contributed by atoms with Gasteiger partial charge >= 0.3 is 0 Å². The van der Waals surface area contributed by atoms with E-state index < -0.39 is 0 Å². The van der Waals surface area contributed by atoms with E-state index in [4.69, 9.17) is 4.42 Å². The van der Waals surface area contributed by atoms with Gasteiger partial charge in [-0.05, 0) is 41.5 Å². The van der Waals surface area contributed by atoms with Gasteiger partial charge < -0.3 is 4.42 Å². The molecular weight excluding hydrogens is 341 g/mol. The maximum absolute atomic E-state index is 13.3. The van der Waals surface area contributed by atoms with Crippen LogP contribution in [0.1, 0.15) is 43.8 Å². The van der Waals surface area contributed by atoms with Crippen LogP contribution in [0.4, 0.5) is 4.39 Å². The van der Waals surface area contributed by atoms with Crippen LogP contribution in [0.3, 0.4) is 0 Å². The Balaban J connectivity index is 1.43. The number of aromatic nitrogens is 5. The predicted octanol–water partition coefficient (Wildman–Crippen LogP) is 4.26. The second-order valence-corrected chi connectivity index (χ2v) is 7.08. The van der Waals surface area contributed by atoms with Gasteiger partial charge in [-0.25, -0.2) is 14.1 Å². The van der Waals surface area contributed by atoms with E-state index in [2.05, 4.69) is 20.5 Å². The van der Waals surface area contributed by atoms with Crippen molar-refractivity contribution in [3.8, 4) is 11.5 Å². The number of tetrazole rings is 1. The molecule has 0 N–H and O–H groups in total. The molecule has 0 bridgehead atoms. The monoisotopic (exact) mass is 359 g/mol. The van der Waals surface area contributed by atoms with Crippen LogP contribution in [0.2, 0.25) is 0 Å². The number of rotatable bonds is 5. The van der Waals surface area contributed by atoms with Gasteiger partial charge in [0.2, 0.25) is 11.0 Å². The molecule has 2 aromatic heterocycles. The first-order valence-corrected chi connectivity index (χ1v) is 9.39. The predicted molar refractivity (Wildman–Crippen MR) is 91.4 cm³/mol. The average molecular weight is 359 g/mol. The molecule has 0 saturated heterocycles. The Kier molecular flexibility index (Phi) is 4.78. The summed E-state index contributed by atoms with van der Waals surface area (Å²) < 4.78 is 20.7. The molecule has 1 aliphatic carbocycles. The summed E-state index contributed by atoms with van der Waals surface area (Å²) >= 11 is 1.54. The summed E-state index contributed by atoms with van der Waals surface area (Å²) in [5, 5.41) is 12.9. The summed E-state index contributed by atoms with van der Waals surface area (Å²) in [7, 11) is 0. The Bertz CT molecular complexity index is 843. The third kappa shape index (κ3) is 3.73. The summed E-state index contributed by atoms with van der Waals surface area (Å²) in [6.45, 7) is 0. The van der Waals surface area contributed by atoms with E-state index in [1.807, 2.05) is 4.68 Å². The highest BCUT2D eigenvalue weighted by molar-refractivity contribution is 7.98. The van der Waals surface area contributed by atoms with Crippen molar-refractivity contribution in [1.82, 2.24) is 25.2 Å². The number of thioether (sulfide) groups is 1. The molecule has 0 amide bonds. The molecule has 0 radical (unpaired) electrons. The van der Waals surface area contributed by atoms with Gasteiger partial charge in [0.05, 0.1) is 11.7 Å². The van der Waals surface area contributed by atoms with Gasteiger partial charge in [0.15, 0.2) is 0 Å². The molecule has 2 heterocycles. The number of hydrogen-bond donors (Lipinski definition) is 0. The molecule has 130 valence electrons. The molecule has 0 unspecified atom stereocenters. The van der Waals surface area contributed by atoms with E-state index in [1.165, 1.54) is 31.4 Å². The van der Waals surface area contributed by atoms with Gasteiger partial charge in [0.1, 0.15) is 12.1 Å². The lowest BCUT2D eigenvalue weighted by atomic mass is 9.96. The van der Waals surface area contributed by atoms with Gasteiger partial charge in [-0.2, -0.15) is 0 Å². The topological polar surface area (TPSA) is 69.6 Å². The van der Waals surface area contributed by atoms with Gasteiger partial charge in [-0.15, -0.1) is 5.10 Å². The molecule has 1 fully saturated rings. The lowest BCUT2D eigenvalue weighted by Crippen LogP contribution is -2.15. The minimum absolute atomic E-state index is 0.307. The van der Waals surface area contributed by atoms with E-state index >= 15 is 0 Å². The molecular formula is C17H18FN5OS. The SMILES string of the molecule is Fc1cccc(-c2nc(CSc3nnnn3C3CCCCC3)co2)c1. The molecule has 8 heteroatoms. The second kappa shape index (κ2) is 7.35. The minimum Gasteiger partial charge on any atom is -0.444 e. The molecule has 25 heavy (non-hydrogen) atoms. The summed E-state index contributed by atoms with van der Waals surface area (Å²) in [5.74, 6) is 0.714. The largest absolute Gasteiger partial charge is 0.444 e. The van der Waals surface area contributed by atoms with Crippen LogP contribution in [-0.2, 0) is 5.75 Å². The minimum atomic E-state index is -0.307. The molecule has 4 rings (SSSR count). The van der Waals surface area contributed by atoms with E-state index in [1.54, 1.807) is 30.2 Å². The normalized spacial score (nSPS) is 15.6. The molecule has 6 nitrogen and oxygen atoms in total. The van der Waals surface area contributed by atoms with Crippen molar-refractivity contribution in [2.45, 2.75) is 49.1 Å². The van der Waals surface area contributed by atoms with Crippen LogP contribution >= 0.6 is 11.8 Å². The van der Waals surface area contributed by atoms with Gasteiger partial charge in [-0.3, -0.25) is 0 Å². The van der Waals surface area contributed by atoms with Crippen molar-refractivity contribution in [2.75, 3.05) is 0 Å². The lowest BCUT2D eigenvalue weighted by molar-refractivity contribution is 0.307. The molecule has 1 aliphatic rings. The fourth-order valence-corrected chi connectivity index (χ4v) is 3.92. The number of benzene rings is 1. The number of nitrogens with zero attached hydrogens (tertiary/aromatic N) is 5. The highest BCUT2D eigenvalue weighted by atomic mass is 32.2. The quantitative estimate of drug-likeness (QED) is 0.634. The van der Waals surface area contributed by atoms with Crippen molar-refractivity contribution < 1.29 is 8.81 Å². The maximum atomic E-state index is 13.3. The first-order chi connectivity index (χ1) is 12.3. The van der Waals surface area contributed by atoms with Gasteiger partial charge in [0.25, 0.3) is 0 Å². The summed E-state index contributed by atoms with van der Waals surface area (Å²) in [4.78, 5) is 4.43. The number of halogens is 1. The van der Waals surface area contributed by atoms with Crippen LogP contribution < -0.4 is 0 Å². The van der Waals surface area contributed by atoms with E-state index in [0.29, 0.717) is 23.2 Å². The Hall–Kier alpha value is -2.22. The van der Waals surface area contributed by atoms with Crippen molar-refractivity contribution in [2.24, 2.45) is 0 Å². The lowest BCUT2D eigenvalue weighted by Gasteiger charge is -2.21. The summed E-state index contributed by atoms with van der Waals surface area (Å²) in [6.07, 6.45) is 7.62. The number of hydrogen-bond acceptors (Lipinski definition) is 6. The van der Waals surface area contributed by atoms with Crippen molar-refractivity contribution in [3.63, 3.8) is 0 Å². The average Bonchev–Trinajstić information content (AvgIpc) is 3.30. The highest BCUT2D eigenvalue weighted by Crippen LogP contribution is 2.31. The Morgan fingerprint density at radius 2 is 2.12 bits per heavy atom. The first kappa shape index (κ1) is 16.3. The van der Waals surface area contributed by atoms with Gasteiger partial charge in [0, 0.05) is 11.3 Å². The molecule has 1 saturated carbocycles. The fourth-order valence-electron chi connectivity index (χ4n) is 3.10. The summed E-state index contributed by atoms with van der Waals surface area (Å²) in [5.41, 5.74) is 1.41. The first-order valence-electron chi connectivity index (χ1n) is 8.40. The Morgan fingerprint density at radius 1 is 1.24 bits per heavy atom. The molecule has 3 aromatic rings. The standard InChI is InChI=1S/C17H18FN5OS/c18-13-6-4-5-12(9-13)16-19-14(10-24-16)11-25-17-20-21-22-23(17)15-7-2-1-3-8-15/h4-6,9-10,15H,1-3,7-8,11H2. The third-order valence-corrected chi connectivity index (χ3v) is 5.32. The van der Waals surface area contributed by atoms with Crippen LogP contribution in [0.25, 0.3) is 11.5 Å². The maximum Gasteiger partial charge on any atom is 0.226 e. The van der Waals surface area contributed by atoms with Crippen LogP contribution in [0.15, 0.2) is 40.1 Å². The van der Waals surface area contributed by atoms with E-state index in [9.17, 15) is 4.39 Å². The molecule has 0 atom stereocenters. The van der Waals surface area contributed by atoms with Crippen LogP contribution in [0, 0.1) is 5.82 Å². The molecule has 0 aliphatic heterocycles. The van der Waals surface area contributed by atoms with Gasteiger partial charge in [-0.1, -0.05) is 37.1 Å². The zero-order chi connectivity index (χ0) is 17.1. The van der Waals surface area contributed by atoms with Crippen LogP contribution in [0.5, 0.6) is 0 Å². The van der Waals surface area contributed by atoms with E-state index in [0.717, 1.165) is 23.7 Å². The van der Waals surface area contributed by atoms with E-state index in [-0.39, 0.29) is 5.82 Å². The van der Waals surface area contributed by atoms with Crippen LogP contribution in [-0.4, -0.2) is 25.2 Å².